The molecule has 0 amide bonds. The molecule has 12 rings (SSSR count). The van der Waals surface area contributed by atoms with Crippen molar-refractivity contribution in [2.24, 2.45) is 0 Å². The Morgan fingerprint density at radius 2 is 0.726 bits per heavy atom. The number of benzene rings is 9. The van der Waals surface area contributed by atoms with Crippen LogP contribution in [0.1, 0.15) is 0 Å². The van der Waals surface area contributed by atoms with Gasteiger partial charge in [-0.3, -0.25) is 0 Å². The van der Waals surface area contributed by atoms with Gasteiger partial charge >= 0.3 is 0 Å². The van der Waals surface area contributed by atoms with Crippen molar-refractivity contribution in [3.63, 3.8) is 0 Å². The van der Waals surface area contributed by atoms with Gasteiger partial charge in [-0.25, -0.2) is 15.0 Å². The third-order valence-corrected chi connectivity index (χ3v) is 12.0. The summed E-state index contributed by atoms with van der Waals surface area (Å²) in [4.78, 5) is 15.6. The Bertz CT molecular complexity index is 3550. The molecule has 0 aliphatic carbocycles. The summed E-state index contributed by atoms with van der Waals surface area (Å²) >= 11 is 0. The van der Waals surface area contributed by atoms with Gasteiger partial charge in [0.05, 0.1) is 22.1 Å². The summed E-state index contributed by atoms with van der Waals surface area (Å²) < 4.78 is 4.75. The SMILES string of the molecule is c1ccc(-c2nc(-c3ccccc3)nc(-c3ccc(-c4ccc5c6ccccc6n(-c6ccccc6)c5c4)cc3-c3cccc4c3c3ccccc3n4-c3ccccc3)n2)cc1. The molecule has 0 aliphatic heterocycles. The third kappa shape index (κ3) is 5.90. The Labute approximate surface area is 358 Å². The average molecular weight is 792 g/mol. The maximum Gasteiger partial charge on any atom is 0.164 e. The van der Waals surface area contributed by atoms with E-state index in [9.17, 15) is 0 Å². The fraction of sp³-hybridized carbons (Fsp3) is 0. The maximum atomic E-state index is 5.26. The first kappa shape index (κ1) is 35.5. The standard InChI is InChI=1S/C57H37N5/c1-5-18-38(19-6-1)55-58-56(39-20-7-2-8-21-39)60-57(59-55)47-35-33-40(41-32-34-45-44-26-13-15-29-50(44)62(53(45)37-41)43-24-11-4-12-25-43)36-49(47)46-28-17-31-52-54(46)48-27-14-16-30-51(48)61(52)42-22-9-3-10-23-42/h1-37H. The Kier molecular flexibility index (Phi) is 8.42. The summed E-state index contributed by atoms with van der Waals surface area (Å²) in [5, 5.41) is 4.80. The van der Waals surface area contributed by atoms with E-state index in [2.05, 4.69) is 197 Å². The zero-order valence-corrected chi connectivity index (χ0v) is 33.6. The molecule has 0 atom stereocenters. The molecule has 62 heavy (non-hydrogen) atoms. The minimum atomic E-state index is 0.614. The summed E-state index contributed by atoms with van der Waals surface area (Å²) in [6, 6.07) is 79.3. The van der Waals surface area contributed by atoms with Gasteiger partial charge in [-0.2, -0.15) is 0 Å². The predicted octanol–water partition coefficient (Wildman–Crippen LogP) is 14.4. The van der Waals surface area contributed by atoms with Crippen molar-refractivity contribution in [1.82, 2.24) is 24.1 Å². The topological polar surface area (TPSA) is 48.5 Å². The van der Waals surface area contributed by atoms with Crippen LogP contribution in [0.4, 0.5) is 0 Å². The molecule has 9 aromatic carbocycles. The second-order valence-electron chi connectivity index (χ2n) is 15.6. The molecule has 3 heterocycles. The number of hydrogen-bond donors (Lipinski definition) is 0. The van der Waals surface area contributed by atoms with E-state index in [1.807, 2.05) is 36.4 Å². The molecule has 0 aliphatic rings. The van der Waals surface area contributed by atoms with E-state index in [1.54, 1.807) is 0 Å². The van der Waals surface area contributed by atoms with E-state index in [-0.39, 0.29) is 0 Å². The van der Waals surface area contributed by atoms with Gasteiger partial charge in [-0.1, -0.05) is 164 Å². The normalized spacial score (nSPS) is 11.5. The van der Waals surface area contributed by atoms with Gasteiger partial charge in [-0.05, 0) is 82.9 Å². The largest absolute Gasteiger partial charge is 0.309 e. The smallest absolute Gasteiger partial charge is 0.164 e. The fourth-order valence-corrected chi connectivity index (χ4v) is 9.18. The second kappa shape index (κ2) is 14.7. The van der Waals surface area contributed by atoms with Crippen molar-refractivity contribution in [2.45, 2.75) is 0 Å². The molecule has 5 nitrogen and oxygen atoms in total. The van der Waals surface area contributed by atoms with Crippen LogP contribution >= 0.6 is 0 Å². The molecular formula is C57H37N5. The molecule has 0 fully saturated rings. The number of hydrogen-bond acceptors (Lipinski definition) is 3. The summed E-state index contributed by atoms with van der Waals surface area (Å²) in [5.41, 5.74) is 14.0. The molecule has 0 unspecified atom stereocenters. The maximum absolute atomic E-state index is 5.26. The zero-order chi connectivity index (χ0) is 41.0. The van der Waals surface area contributed by atoms with Gasteiger partial charge in [0.25, 0.3) is 0 Å². The Morgan fingerprint density at radius 3 is 1.37 bits per heavy atom. The van der Waals surface area contributed by atoms with Crippen molar-refractivity contribution in [1.29, 1.82) is 0 Å². The van der Waals surface area contributed by atoms with Gasteiger partial charge in [0.15, 0.2) is 17.5 Å². The van der Waals surface area contributed by atoms with Crippen LogP contribution in [0.3, 0.4) is 0 Å². The highest BCUT2D eigenvalue weighted by molar-refractivity contribution is 6.17. The van der Waals surface area contributed by atoms with E-state index in [0.29, 0.717) is 17.5 Å². The van der Waals surface area contributed by atoms with Crippen LogP contribution in [0.2, 0.25) is 0 Å². The number of fused-ring (bicyclic) bond motifs is 6. The van der Waals surface area contributed by atoms with Crippen LogP contribution in [0.25, 0.3) is 111 Å². The average Bonchev–Trinajstić information content (AvgIpc) is 3.87. The van der Waals surface area contributed by atoms with Crippen molar-refractivity contribution < 1.29 is 0 Å². The summed E-state index contributed by atoms with van der Waals surface area (Å²) in [6.07, 6.45) is 0. The first-order chi connectivity index (χ1) is 30.8. The van der Waals surface area contributed by atoms with Gasteiger partial charge in [-0.15, -0.1) is 0 Å². The molecule has 0 N–H and O–H groups in total. The number of para-hydroxylation sites is 4. The molecule has 290 valence electrons. The lowest BCUT2D eigenvalue weighted by molar-refractivity contribution is 1.07. The van der Waals surface area contributed by atoms with Crippen LogP contribution < -0.4 is 0 Å². The van der Waals surface area contributed by atoms with E-state index in [4.69, 9.17) is 15.0 Å². The first-order valence-electron chi connectivity index (χ1n) is 21.0. The Morgan fingerprint density at radius 1 is 0.258 bits per heavy atom. The summed E-state index contributed by atoms with van der Waals surface area (Å²) in [5.74, 6) is 1.87. The molecular weight excluding hydrogens is 755 g/mol. The van der Waals surface area contributed by atoms with Gasteiger partial charge in [0.2, 0.25) is 0 Å². The van der Waals surface area contributed by atoms with Crippen molar-refractivity contribution in [3.05, 3.63) is 224 Å². The van der Waals surface area contributed by atoms with Crippen molar-refractivity contribution in [2.75, 3.05) is 0 Å². The minimum absolute atomic E-state index is 0.614. The van der Waals surface area contributed by atoms with Crippen molar-refractivity contribution in [3.8, 4) is 67.8 Å². The van der Waals surface area contributed by atoms with Crippen LogP contribution in [0, 0.1) is 0 Å². The summed E-state index contributed by atoms with van der Waals surface area (Å²) in [6.45, 7) is 0. The third-order valence-electron chi connectivity index (χ3n) is 12.0. The summed E-state index contributed by atoms with van der Waals surface area (Å²) in [7, 11) is 0. The van der Waals surface area contributed by atoms with Crippen LogP contribution in [-0.4, -0.2) is 24.1 Å². The van der Waals surface area contributed by atoms with Gasteiger partial charge in [0, 0.05) is 49.6 Å². The quantitative estimate of drug-likeness (QED) is 0.162. The Hall–Kier alpha value is -8.41. The lowest BCUT2D eigenvalue weighted by atomic mass is 9.91. The number of nitrogens with zero attached hydrogens (tertiary/aromatic N) is 5. The van der Waals surface area contributed by atoms with Crippen LogP contribution in [-0.2, 0) is 0 Å². The zero-order valence-electron chi connectivity index (χ0n) is 33.6. The van der Waals surface area contributed by atoms with Gasteiger partial charge in [0.1, 0.15) is 0 Å². The molecule has 0 radical (unpaired) electrons. The number of rotatable bonds is 7. The van der Waals surface area contributed by atoms with Crippen LogP contribution in [0.15, 0.2) is 224 Å². The lowest BCUT2D eigenvalue weighted by Crippen LogP contribution is -2.01. The molecule has 0 spiro atoms. The molecule has 0 saturated carbocycles. The monoisotopic (exact) mass is 791 g/mol. The van der Waals surface area contributed by atoms with E-state index in [0.717, 1.165) is 66.9 Å². The first-order valence-corrected chi connectivity index (χ1v) is 21.0. The van der Waals surface area contributed by atoms with Crippen LogP contribution in [0.5, 0.6) is 0 Å². The minimum Gasteiger partial charge on any atom is -0.309 e. The van der Waals surface area contributed by atoms with E-state index < -0.39 is 0 Å². The molecule has 0 saturated heterocycles. The van der Waals surface area contributed by atoms with E-state index >= 15 is 0 Å². The molecule has 3 aromatic heterocycles. The highest BCUT2D eigenvalue weighted by Crippen LogP contribution is 2.44. The molecule has 5 heteroatoms. The molecule has 12 aromatic rings. The lowest BCUT2D eigenvalue weighted by Gasteiger charge is -2.16. The number of aromatic nitrogens is 5. The van der Waals surface area contributed by atoms with Crippen molar-refractivity contribution >= 4 is 43.6 Å². The fourth-order valence-electron chi connectivity index (χ4n) is 9.18. The molecule has 0 bridgehead atoms. The van der Waals surface area contributed by atoms with E-state index in [1.165, 1.54) is 27.1 Å². The van der Waals surface area contributed by atoms with Gasteiger partial charge < -0.3 is 9.13 Å². The predicted molar refractivity (Wildman–Crippen MR) is 256 cm³/mol. The second-order valence-corrected chi connectivity index (χ2v) is 15.6. The highest BCUT2D eigenvalue weighted by Gasteiger charge is 2.22. The Balaban J connectivity index is 1.15. The highest BCUT2D eigenvalue weighted by atomic mass is 15.0.